The highest BCUT2D eigenvalue weighted by Crippen LogP contribution is 2.30. The Hall–Kier alpha value is -1.24. The first-order valence-electron chi connectivity index (χ1n) is 7.17. The minimum Gasteiger partial charge on any atom is -0.314 e. The van der Waals surface area contributed by atoms with E-state index in [4.69, 9.17) is 4.98 Å². The van der Waals surface area contributed by atoms with Gasteiger partial charge in [0.1, 0.15) is 5.01 Å². The standard InChI is InChI=1S/C14H21N5S/c1-3-13(19-6-4-15-5-7-19)14-17-12(10-20-14)11-8-16-18(2)9-11/h8-10,13,15H,3-7H2,1-2H3. The van der Waals surface area contributed by atoms with E-state index in [1.54, 1.807) is 11.3 Å². The quantitative estimate of drug-likeness (QED) is 0.934. The SMILES string of the molecule is CCC(c1nc(-c2cnn(C)c2)cs1)N1CCNCC1. The van der Waals surface area contributed by atoms with Crippen molar-refractivity contribution in [1.82, 2.24) is 25.0 Å². The molecule has 0 bridgehead atoms. The van der Waals surface area contributed by atoms with Gasteiger partial charge in [0.2, 0.25) is 0 Å². The van der Waals surface area contributed by atoms with E-state index in [2.05, 4.69) is 27.6 Å². The van der Waals surface area contributed by atoms with Gasteiger partial charge in [-0.25, -0.2) is 4.98 Å². The molecule has 0 aliphatic carbocycles. The average Bonchev–Trinajstić information content (AvgIpc) is 3.10. The lowest BCUT2D eigenvalue weighted by molar-refractivity contribution is 0.169. The van der Waals surface area contributed by atoms with Gasteiger partial charge in [0.15, 0.2) is 0 Å². The lowest BCUT2D eigenvalue weighted by atomic mass is 10.1. The van der Waals surface area contributed by atoms with Crippen LogP contribution in [0.15, 0.2) is 17.8 Å². The molecule has 1 fully saturated rings. The van der Waals surface area contributed by atoms with Crippen molar-refractivity contribution in [3.8, 4) is 11.3 Å². The zero-order valence-electron chi connectivity index (χ0n) is 12.0. The van der Waals surface area contributed by atoms with Crippen LogP contribution < -0.4 is 5.32 Å². The smallest absolute Gasteiger partial charge is 0.110 e. The maximum Gasteiger partial charge on any atom is 0.110 e. The molecule has 6 heteroatoms. The summed E-state index contributed by atoms with van der Waals surface area (Å²) in [6.07, 6.45) is 5.01. The monoisotopic (exact) mass is 291 g/mol. The predicted molar refractivity (Wildman–Crippen MR) is 81.8 cm³/mol. The molecule has 2 aromatic rings. The van der Waals surface area contributed by atoms with Crippen molar-refractivity contribution >= 4 is 11.3 Å². The summed E-state index contributed by atoms with van der Waals surface area (Å²) in [5.74, 6) is 0. The van der Waals surface area contributed by atoms with Crippen LogP contribution in [0.2, 0.25) is 0 Å². The van der Waals surface area contributed by atoms with Crippen molar-refractivity contribution in [2.75, 3.05) is 26.2 Å². The summed E-state index contributed by atoms with van der Waals surface area (Å²) in [6, 6.07) is 0.451. The Morgan fingerprint density at radius 3 is 2.85 bits per heavy atom. The molecule has 108 valence electrons. The molecule has 5 nitrogen and oxygen atoms in total. The third kappa shape index (κ3) is 2.77. The van der Waals surface area contributed by atoms with Crippen LogP contribution in [0.25, 0.3) is 11.3 Å². The number of aromatic nitrogens is 3. The van der Waals surface area contributed by atoms with Crippen molar-refractivity contribution in [3.05, 3.63) is 22.8 Å². The summed E-state index contributed by atoms with van der Waals surface area (Å²) < 4.78 is 1.82. The number of aryl methyl sites for hydroxylation is 1. The summed E-state index contributed by atoms with van der Waals surface area (Å²) in [5.41, 5.74) is 2.15. The van der Waals surface area contributed by atoms with Gasteiger partial charge in [-0.3, -0.25) is 9.58 Å². The molecule has 0 spiro atoms. The molecule has 1 aliphatic heterocycles. The lowest BCUT2D eigenvalue weighted by Gasteiger charge is -2.33. The first kappa shape index (κ1) is 13.7. The molecule has 1 saturated heterocycles. The first-order valence-corrected chi connectivity index (χ1v) is 8.05. The molecule has 0 aromatic carbocycles. The summed E-state index contributed by atoms with van der Waals surface area (Å²) in [4.78, 5) is 7.39. The van der Waals surface area contributed by atoms with Gasteiger partial charge in [-0.2, -0.15) is 5.10 Å². The summed E-state index contributed by atoms with van der Waals surface area (Å²) in [6.45, 7) is 6.63. The third-order valence-corrected chi connectivity index (χ3v) is 4.73. The second-order valence-corrected chi connectivity index (χ2v) is 6.07. The molecule has 3 heterocycles. The van der Waals surface area contributed by atoms with Crippen LogP contribution >= 0.6 is 11.3 Å². The summed E-state index contributed by atoms with van der Waals surface area (Å²) in [5, 5.41) is 11.0. The lowest BCUT2D eigenvalue weighted by Crippen LogP contribution is -2.45. The highest BCUT2D eigenvalue weighted by Gasteiger charge is 2.23. The molecule has 3 rings (SSSR count). The average molecular weight is 291 g/mol. The van der Waals surface area contributed by atoms with Crippen LogP contribution in [0.1, 0.15) is 24.4 Å². The number of thiazole rings is 1. The van der Waals surface area contributed by atoms with Gasteiger partial charge in [0.25, 0.3) is 0 Å². The van der Waals surface area contributed by atoms with E-state index in [1.165, 1.54) is 5.01 Å². The highest BCUT2D eigenvalue weighted by atomic mass is 32.1. The Kier molecular flexibility index (Phi) is 4.14. The van der Waals surface area contributed by atoms with Crippen LogP contribution in [0.5, 0.6) is 0 Å². The van der Waals surface area contributed by atoms with Crippen molar-refractivity contribution in [2.45, 2.75) is 19.4 Å². The third-order valence-electron chi connectivity index (χ3n) is 3.79. The van der Waals surface area contributed by atoms with Gasteiger partial charge in [0, 0.05) is 50.4 Å². The largest absolute Gasteiger partial charge is 0.314 e. The van der Waals surface area contributed by atoms with Crippen molar-refractivity contribution < 1.29 is 0 Å². The van der Waals surface area contributed by atoms with Crippen LogP contribution in [0.3, 0.4) is 0 Å². The van der Waals surface area contributed by atoms with E-state index in [-0.39, 0.29) is 0 Å². The van der Waals surface area contributed by atoms with Gasteiger partial charge >= 0.3 is 0 Å². The zero-order chi connectivity index (χ0) is 13.9. The Labute approximate surface area is 123 Å². The van der Waals surface area contributed by atoms with E-state index in [0.29, 0.717) is 6.04 Å². The molecular formula is C14H21N5S. The van der Waals surface area contributed by atoms with Crippen LogP contribution in [-0.4, -0.2) is 45.8 Å². The predicted octanol–water partition coefficient (Wildman–Crippen LogP) is 1.90. The van der Waals surface area contributed by atoms with Crippen LogP contribution in [0, 0.1) is 0 Å². The van der Waals surface area contributed by atoms with E-state index in [9.17, 15) is 0 Å². The first-order chi connectivity index (χ1) is 9.78. The Morgan fingerprint density at radius 1 is 1.40 bits per heavy atom. The van der Waals surface area contributed by atoms with Crippen molar-refractivity contribution in [2.24, 2.45) is 7.05 Å². The topological polar surface area (TPSA) is 46.0 Å². The number of nitrogens with zero attached hydrogens (tertiary/aromatic N) is 4. The van der Waals surface area contributed by atoms with E-state index in [0.717, 1.165) is 43.9 Å². The van der Waals surface area contributed by atoms with Crippen LogP contribution in [0.4, 0.5) is 0 Å². The molecule has 1 aliphatic rings. The van der Waals surface area contributed by atoms with E-state index >= 15 is 0 Å². The molecule has 20 heavy (non-hydrogen) atoms. The Morgan fingerprint density at radius 2 is 2.20 bits per heavy atom. The van der Waals surface area contributed by atoms with Crippen molar-refractivity contribution in [1.29, 1.82) is 0 Å². The molecular weight excluding hydrogens is 270 g/mol. The molecule has 1 unspecified atom stereocenters. The minimum atomic E-state index is 0.451. The normalized spacial score (nSPS) is 18.3. The highest BCUT2D eigenvalue weighted by molar-refractivity contribution is 7.10. The fourth-order valence-corrected chi connectivity index (χ4v) is 3.75. The maximum atomic E-state index is 4.84. The van der Waals surface area contributed by atoms with Gasteiger partial charge in [-0.15, -0.1) is 11.3 Å². The Bertz CT molecular complexity index is 555. The molecule has 0 amide bonds. The second kappa shape index (κ2) is 6.03. The van der Waals surface area contributed by atoms with Gasteiger partial charge in [-0.1, -0.05) is 6.92 Å². The van der Waals surface area contributed by atoms with E-state index < -0.39 is 0 Å². The number of nitrogens with one attached hydrogen (secondary N) is 1. The minimum absolute atomic E-state index is 0.451. The maximum absolute atomic E-state index is 4.84. The summed E-state index contributed by atoms with van der Waals surface area (Å²) >= 11 is 1.77. The van der Waals surface area contributed by atoms with Gasteiger partial charge in [0.05, 0.1) is 17.9 Å². The number of piperazine rings is 1. The Balaban J connectivity index is 1.80. The van der Waals surface area contributed by atoms with Crippen LogP contribution in [-0.2, 0) is 7.05 Å². The van der Waals surface area contributed by atoms with Gasteiger partial charge in [-0.05, 0) is 6.42 Å². The molecule has 1 N–H and O–H groups in total. The van der Waals surface area contributed by atoms with E-state index in [1.807, 2.05) is 24.1 Å². The fraction of sp³-hybridized carbons (Fsp3) is 0.571. The fourth-order valence-electron chi connectivity index (χ4n) is 2.71. The molecule has 2 aromatic heterocycles. The molecule has 0 radical (unpaired) electrons. The number of hydrogen-bond donors (Lipinski definition) is 1. The second-order valence-electron chi connectivity index (χ2n) is 5.18. The van der Waals surface area contributed by atoms with Crippen molar-refractivity contribution in [3.63, 3.8) is 0 Å². The molecule has 0 saturated carbocycles. The van der Waals surface area contributed by atoms with Gasteiger partial charge < -0.3 is 5.32 Å². The zero-order valence-corrected chi connectivity index (χ0v) is 12.9. The number of rotatable bonds is 4. The number of hydrogen-bond acceptors (Lipinski definition) is 5. The summed E-state index contributed by atoms with van der Waals surface area (Å²) in [7, 11) is 1.94. The molecule has 1 atom stereocenters.